The maximum atomic E-state index is 5.31. The summed E-state index contributed by atoms with van der Waals surface area (Å²) in [6.45, 7) is 12.7. The average Bonchev–Trinajstić information content (AvgIpc) is 2.33. The second-order valence-corrected chi connectivity index (χ2v) is 4.25. The van der Waals surface area contributed by atoms with Gasteiger partial charge < -0.3 is 4.74 Å². The molecule has 0 aliphatic carbocycles. The van der Waals surface area contributed by atoms with Gasteiger partial charge in [0.2, 0.25) is 0 Å². The van der Waals surface area contributed by atoms with E-state index < -0.39 is 0 Å². The van der Waals surface area contributed by atoms with Crippen LogP contribution in [0.1, 0.15) is 65.2 Å². The summed E-state index contributed by atoms with van der Waals surface area (Å²) in [6, 6.07) is 0. The van der Waals surface area contributed by atoms with E-state index in [1.807, 2.05) is 13.0 Å². The van der Waals surface area contributed by atoms with Crippen molar-refractivity contribution in [3.8, 4) is 0 Å². The topological polar surface area (TPSA) is 9.23 Å². The third-order valence-corrected chi connectivity index (χ3v) is 2.38. The van der Waals surface area contributed by atoms with E-state index >= 15 is 0 Å². The highest BCUT2D eigenvalue weighted by Crippen LogP contribution is 2.08. The first-order chi connectivity index (χ1) is 8.33. The Balaban J connectivity index is 0. The minimum Gasteiger partial charge on any atom is -0.377 e. The normalized spacial score (nSPS) is 9.29. The summed E-state index contributed by atoms with van der Waals surface area (Å²) in [5.74, 6) is 0. The minimum absolute atomic E-state index is 0.705. The second-order valence-electron chi connectivity index (χ2n) is 4.25. The Morgan fingerprint density at radius 3 is 1.82 bits per heavy atom. The molecule has 0 aromatic carbocycles. The Labute approximate surface area is 109 Å². The molecule has 0 N–H and O–H groups in total. The van der Waals surface area contributed by atoms with E-state index in [4.69, 9.17) is 4.74 Å². The van der Waals surface area contributed by atoms with Gasteiger partial charge in [-0.3, -0.25) is 0 Å². The lowest BCUT2D eigenvalue weighted by molar-refractivity contribution is 0.157. The Morgan fingerprint density at radius 2 is 1.35 bits per heavy atom. The summed E-state index contributed by atoms with van der Waals surface area (Å²) in [7, 11) is 0. The zero-order valence-electron chi connectivity index (χ0n) is 12.0. The maximum Gasteiger partial charge on any atom is 0.0644 e. The molecule has 0 rings (SSSR count). The van der Waals surface area contributed by atoms with Gasteiger partial charge in [-0.1, -0.05) is 64.0 Å². The molecule has 0 atom stereocenters. The summed E-state index contributed by atoms with van der Waals surface area (Å²) >= 11 is 0. The van der Waals surface area contributed by atoms with Crippen molar-refractivity contribution in [1.82, 2.24) is 0 Å². The van der Waals surface area contributed by atoms with Crippen LogP contribution in [0, 0.1) is 0 Å². The van der Waals surface area contributed by atoms with E-state index in [2.05, 4.69) is 20.1 Å². The van der Waals surface area contributed by atoms with Gasteiger partial charge in [0.05, 0.1) is 6.61 Å². The van der Waals surface area contributed by atoms with Crippen LogP contribution in [0.3, 0.4) is 0 Å². The molecule has 0 saturated carbocycles. The lowest BCUT2D eigenvalue weighted by Crippen LogP contribution is -1.93. The standard InChI is InChI=1S/C13H26O.C3H6/c1-3-5-6-7-8-9-10-11-13-14-12-4-2;1-3-2/h4H,2-3,5-13H2,1H3;3H,1H2,2H3. The maximum absolute atomic E-state index is 5.31. The van der Waals surface area contributed by atoms with Gasteiger partial charge in [-0.2, -0.15) is 0 Å². The number of ether oxygens (including phenoxy) is 1. The molecule has 0 aliphatic rings. The van der Waals surface area contributed by atoms with Crippen molar-refractivity contribution in [2.24, 2.45) is 0 Å². The van der Waals surface area contributed by atoms with Gasteiger partial charge in [0.15, 0.2) is 0 Å². The molecular formula is C16H32O. The summed E-state index contributed by atoms with van der Waals surface area (Å²) in [5, 5.41) is 0. The quantitative estimate of drug-likeness (QED) is 0.341. The minimum atomic E-state index is 0.705. The van der Waals surface area contributed by atoms with Crippen molar-refractivity contribution in [3.05, 3.63) is 25.3 Å². The molecule has 1 nitrogen and oxygen atoms in total. The van der Waals surface area contributed by atoms with Crippen LogP contribution in [0.25, 0.3) is 0 Å². The van der Waals surface area contributed by atoms with Crippen LogP contribution in [0.5, 0.6) is 0 Å². The molecule has 0 unspecified atom stereocenters. The average molecular weight is 240 g/mol. The highest BCUT2D eigenvalue weighted by molar-refractivity contribution is 4.63. The smallest absolute Gasteiger partial charge is 0.0644 e. The molecule has 1 heteroatoms. The van der Waals surface area contributed by atoms with E-state index in [0.29, 0.717) is 6.61 Å². The first-order valence-corrected chi connectivity index (χ1v) is 7.09. The molecule has 0 amide bonds. The first kappa shape index (κ1) is 18.8. The molecule has 0 saturated heterocycles. The Bertz CT molecular complexity index is 140. The van der Waals surface area contributed by atoms with E-state index in [9.17, 15) is 0 Å². The van der Waals surface area contributed by atoms with Gasteiger partial charge in [0.1, 0.15) is 0 Å². The SMILES string of the molecule is C=CC.C=CCOCCCCCCCCCC. The molecule has 0 spiro atoms. The molecule has 0 radical (unpaired) electrons. The Morgan fingerprint density at radius 1 is 0.882 bits per heavy atom. The van der Waals surface area contributed by atoms with Crippen LogP contribution in [-0.4, -0.2) is 13.2 Å². The molecule has 0 aromatic heterocycles. The van der Waals surface area contributed by atoms with Crippen molar-refractivity contribution < 1.29 is 4.74 Å². The van der Waals surface area contributed by atoms with Gasteiger partial charge in [-0.05, 0) is 13.3 Å². The first-order valence-electron chi connectivity index (χ1n) is 7.09. The number of hydrogen-bond acceptors (Lipinski definition) is 1. The van der Waals surface area contributed by atoms with Gasteiger partial charge in [-0.15, -0.1) is 13.2 Å². The summed E-state index contributed by atoms with van der Waals surface area (Å²) in [4.78, 5) is 0. The van der Waals surface area contributed by atoms with E-state index in [-0.39, 0.29) is 0 Å². The van der Waals surface area contributed by atoms with Gasteiger partial charge in [-0.25, -0.2) is 0 Å². The van der Waals surface area contributed by atoms with Crippen molar-refractivity contribution >= 4 is 0 Å². The Kier molecular flexibility index (Phi) is 23.0. The summed E-state index contributed by atoms with van der Waals surface area (Å²) in [5.41, 5.74) is 0. The van der Waals surface area contributed by atoms with Gasteiger partial charge >= 0.3 is 0 Å². The predicted octanol–water partition coefficient (Wildman–Crippen LogP) is 5.52. The van der Waals surface area contributed by atoms with Gasteiger partial charge in [0.25, 0.3) is 0 Å². The van der Waals surface area contributed by atoms with Crippen molar-refractivity contribution in [1.29, 1.82) is 0 Å². The predicted molar refractivity (Wildman–Crippen MR) is 79.5 cm³/mol. The highest BCUT2D eigenvalue weighted by Gasteiger charge is 1.91. The molecule has 0 bridgehead atoms. The van der Waals surface area contributed by atoms with Crippen LogP contribution in [0.2, 0.25) is 0 Å². The van der Waals surface area contributed by atoms with E-state index in [0.717, 1.165) is 6.61 Å². The van der Waals surface area contributed by atoms with Crippen molar-refractivity contribution in [2.75, 3.05) is 13.2 Å². The van der Waals surface area contributed by atoms with Crippen LogP contribution in [0.15, 0.2) is 25.3 Å². The molecular weight excluding hydrogens is 208 g/mol. The summed E-state index contributed by atoms with van der Waals surface area (Å²) in [6.07, 6.45) is 14.5. The molecule has 0 aromatic rings. The van der Waals surface area contributed by atoms with Crippen LogP contribution in [0.4, 0.5) is 0 Å². The fraction of sp³-hybridized carbons (Fsp3) is 0.750. The Hall–Kier alpha value is -0.560. The fourth-order valence-corrected chi connectivity index (χ4v) is 1.50. The number of rotatable bonds is 11. The fourth-order valence-electron chi connectivity index (χ4n) is 1.50. The van der Waals surface area contributed by atoms with Crippen LogP contribution < -0.4 is 0 Å². The van der Waals surface area contributed by atoms with Crippen molar-refractivity contribution in [2.45, 2.75) is 65.2 Å². The summed E-state index contributed by atoms with van der Waals surface area (Å²) < 4.78 is 5.31. The lowest BCUT2D eigenvalue weighted by atomic mass is 10.1. The molecule has 0 aliphatic heterocycles. The third kappa shape index (κ3) is 25.6. The monoisotopic (exact) mass is 240 g/mol. The zero-order valence-corrected chi connectivity index (χ0v) is 12.0. The van der Waals surface area contributed by atoms with E-state index in [1.54, 1.807) is 6.08 Å². The largest absolute Gasteiger partial charge is 0.377 e. The number of unbranched alkanes of at least 4 members (excludes halogenated alkanes) is 7. The van der Waals surface area contributed by atoms with Crippen LogP contribution >= 0.6 is 0 Å². The number of allylic oxidation sites excluding steroid dienone is 1. The highest BCUT2D eigenvalue weighted by atomic mass is 16.5. The van der Waals surface area contributed by atoms with Gasteiger partial charge in [0, 0.05) is 6.61 Å². The molecule has 0 fully saturated rings. The number of hydrogen-bond donors (Lipinski definition) is 0. The van der Waals surface area contributed by atoms with E-state index in [1.165, 1.54) is 51.4 Å². The second kappa shape index (κ2) is 20.8. The molecule has 0 heterocycles. The van der Waals surface area contributed by atoms with Crippen LogP contribution in [-0.2, 0) is 4.74 Å². The molecule has 17 heavy (non-hydrogen) atoms. The third-order valence-electron chi connectivity index (χ3n) is 2.38. The zero-order chi connectivity index (χ0) is 13.2. The van der Waals surface area contributed by atoms with Crippen molar-refractivity contribution in [3.63, 3.8) is 0 Å². The molecule has 102 valence electrons. The lowest BCUT2D eigenvalue weighted by Gasteiger charge is -2.01.